The zero-order chi connectivity index (χ0) is 10.7. The van der Waals surface area contributed by atoms with Crippen molar-refractivity contribution in [1.82, 2.24) is 15.2 Å². The molecule has 1 amide bonds. The largest absolute Gasteiger partial charge is 0.506 e. The minimum atomic E-state index is -0.359. The normalized spacial score (nSPS) is 9.87. The molecule has 6 heteroatoms. The van der Waals surface area contributed by atoms with Gasteiger partial charge in [-0.05, 0) is 6.07 Å². The zero-order valence-electron chi connectivity index (χ0n) is 7.64. The van der Waals surface area contributed by atoms with Crippen molar-refractivity contribution in [3.05, 3.63) is 36.3 Å². The number of carbonyl (C=O) groups is 1. The second-order valence-electron chi connectivity index (χ2n) is 2.86. The molecule has 2 aromatic rings. The number of H-pyrrole nitrogens is 1. The molecule has 2 heterocycles. The first-order valence-electron chi connectivity index (χ1n) is 4.20. The van der Waals surface area contributed by atoms with E-state index in [-0.39, 0.29) is 17.2 Å². The quantitative estimate of drug-likeness (QED) is 0.673. The summed E-state index contributed by atoms with van der Waals surface area (Å²) in [6, 6.07) is 2.95. The van der Waals surface area contributed by atoms with Crippen LogP contribution >= 0.6 is 0 Å². The number of aromatic amines is 1. The minimum Gasteiger partial charge on any atom is -0.506 e. The Balaban J connectivity index is 2.15. The second kappa shape index (κ2) is 3.79. The van der Waals surface area contributed by atoms with E-state index in [0.717, 1.165) is 0 Å². The van der Waals surface area contributed by atoms with E-state index in [0.29, 0.717) is 5.82 Å². The molecule has 0 spiro atoms. The van der Waals surface area contributed by atoms with Gasteiger partial charge >= 0.3 is 0 Å². The van der Waals surface area contributed by atoms with Crippen LogP contribution in [0.2, 0.25) is 0 Å². The minimum absolute atomic E-state index is 0.0488. The van der Waals surface area contributed by atoms with Crippen LogP contribution in [0.5, 0.6) is 5.75 Å². The van der Waals surface area contributed by atoms with Crippen molar-refractivity contribution in [1.29, 1.82) is 0 Å². The molecular formula is C9H8N4O2. The van der Waals surface area contributed by atoms with Crippen LogP contribution in [-0.2, 0) is 0 Å². The summed E-state index contributed by atoms with van der Waals surface area (Å²) in [5, 5.41) is 18.0. The fraction of sp³-hybridized carbons (Fsp3) is 0. The Morgan fingerprint density at radius 3 is 3.00 bits per heavy atom. The van der Waals surface area contributed by atoms with E-state index in [9.17, 15) is 4.79 Å². The van der Waals surface area contributed by atoms with Crippen LogP contribution < -0.4 is 5.32 Å². The molecule has 0 saturated heterocycles. The summed E-state index contributed by atoms with van der Waals surface area (Å²) in [6.07, 6.45) is 4.15. The highest BCUT2D eigenvalue weighted by molar-refractivity contribution is 6.03. The van der Waals surface area contributed by atoms with E-state index in [2.05, 4.69) is 20.5 Å². The van der Waals surface area contributed by atoms with Crippen LogP contribution in [0.3, 0.4) is 0 Å². The smallest absolute Gasteiger partial charge is 0.258 e. The first-order chi connectivity index (χ1) is 7.25. The van der Waals surface area contributed by atoms with Gasteiger partial charge in [0.05, 0.1) is 18.0 Å². The molecule has 0 bridgehead atoms. The number of hydrogen-bond acceptors (Lipinski definition) is 4. The summed E-state index contributed by atoms with van der Waals surface area (Å²) in [6.45, 7) is 0. The lowest BCUT2D eigenvalue weighted by Crippen LogP contribution is -2.12. The molecule has 0 atom stereocenters. The van der Waals surface area contributed by atoms with Gasteiger partial charge in [-0.15, -0.1) is 0 Å². The third-order valence-electron chi connectivity index (χ3n) is 1.73. The number of rotatable bonds is 2. The summed E-state index contributed by atoms with van der Waals surface area (Å²) in [4.78, 5) is 15.3. The number of hydrogen-bond donors (Lipinski definition) is 3. The van der Waals surface area contributed by atoms with Crippen molar-refractivity contribution < 1.29 is 9.90 Å². The van der Waals surface area contributed by atoms with Crippen LogP contribution in [0.15, 0.2) is 30.7 Å². The number of nitrogens with zero attached hydrogens (tertiary/aromatic N) is 2. The van der Waals surface area contributed by atoms with E-state index in [1.165, 1.54) is 24.7 Å². The lowest BCUT2D eigenvalue weighted by atomic mass is 10.2. The third-order valence-corrected chi connectivity index (χ3v) is 1.73. The number of aromatic hydroxyl groups is 1. The molecule has 76 valence electrons. The molecule has 0 aliphatic carbocycles. The van der Waals surface area contributed by atoms with E-state index >= 15 is 0 Å². The molecule has 0 aliphatic rings. The first-order valence-corrected chi connectivity index (χ1v) is 4.20. The lowest BCUT2D eigenvalue weighted by molar-refractivity contribution is 0.102. The highest BCUT2D eigenvalue weighted by Gasteiger charge is 2.07. The number of anilines is 1. The number of carbonyl (C=O) groups excluding carboxylic acids is 1. The average Bonchev–Trinajstić information content (AvgIpc) is 2.70. The first kappa shape index (κ1) is 9.20. The van der Waals surface area contributed by atoms with Gasteiger partial charge in [0.15, 0.2) is 0 Å². The molecule has 0 aliphatic heterocycles. The molecule has 3 N–H and O–H groups in total. The third kappa shape index (κ3) is 2.11. The highest BCUT2D eigenvalue weighted by atomic mass is 16.3. The van der Waals surface area contributed by atoms with Crippen molar-refractivity contribution in [2.45, 2.75) is 0 Å². The Bertz CT molecular complexity index is 467. The molecule has 0 fully saturated rings. The van der Waals surface area contributed by atoms with Crippen LogP contribution in [0.4, 0.5) is 5.82 Å². The predicted octanol–water partition coefficient (Wildman–Crippen LogP) is 0.763. The fourth-order valence-corrected chi connectivity index (χ4v) is 1.07. The summed E-state index contributed by atoms with van der Waals surface area (Å²) in [5.74, 6) is 0.0817. The Kier molecular flexibility index (Phi) is 2.32. The van der Waals surface area contributed by atoms with Crippen molar-refractivity contribution in [3.8, 4) is 5.75 Å². The predicted molar refractivity (Wildman–Crippen MR) is 52.4 cm³/mol. The molecule has 0 aromatic carbocycles. The van der Waals surface area contributed by atoms with Gasteiger partial charge in [0.25, 0.3) is 5.91 Å². The average molecular weight is 204 g/mol. The molecule has 6 nitrogen and oxygen atoms in total. The van der Waals surface area contributed by atoms with E-state index < -0.39 is 0 Å². The lowest BCUT2D eigenvalue weighted by Gasteiger charge is -2.01. The van der Waals surface area contributed by atoms with Gasteiger partial charge in [0.2, 0.25) is 0 Å². The summed E-state index contributed by atoms with van der Waals surface area (Å²) < 4.78 is 0. The maximum atomic E-state index is 11.6. The van der Waals surface area contributed by atoms with Gasteiger partial charge in [-0.2, -0.15) is 5.10 Å². The van der Waals surface area contributed by atoms with Crippen LogP contribution in [0, 0.1) is 0 Å². The highest BCUT2D eigenvalue weighted by Crippen LogP contribution is 2.10. The van der Waals surface area contributed by atoms with Crippen LogP contribution in [-0.4, -0.2) is 26.2 Å². The number of amides is 1. The molecule has 0 radical (unpaired) electrons. The molecule has 0 saturated carbocycles. The van der Waals surface area contributed by atoms with Gasteiger partial charge in [-0.1, -0.05) is 0 Å². The standard InChI is InChI=1S/C9H8N4O2/c14-7-3-6(4-10-5-7)9(15)12-8-1-2-11-13-8/h1-5,14H,(H2,11,12,13,15). The molecular weight excluding hydrogens is 196 g/mol. The van der Waals surface area contributed by atoms with Crippen molar-refractivity contribution in [2.75, 3.05) is 5.32 Å². The van der Waals surface area contributed by atoms with Crippen molar-refractivity contribution in [3.63, 3.8) is 0 Å². The number of pyridine rings is 1. The molecule has 2 rings (SSSR count). The van der Waals surface area contributed by atoms with E-state index in [1.54, 1.807) is 6.07 Å². The van der Waals surface area contributed by atoms with Crippen LogP contribution in [0.1, 0.15) is 10.4 Å². The summed E-state index contributed by atoms with van der Waals surface area (Å²) >= 11 is 0. The summed E-state index contributed by atoms with van der Waals surface area (Å²) in [5.41, 5.74) is 0.282. The van der Waals surface area contributed by atoms with Gasteiger partial charge in [-0.3, -0.25) is 14.9 Å². The van der Waals surface area contributed by atoms with Crippen molar-refractivity contribution in [2.24, 2.45) is 0 Å². The fourth-order valence-electron chi connectivity index (χ4n) is 1.07. The maximum Gasteiger partial charge on any atom is 0.258 e. The maximum absolute atomic E-state index is 11.6. The Hall–Kier alpha value is -2.37. The number of nitrogens with one attached hydrogen (secondary N) is 2. The van der Waals surface area contributed by atoms with Gasteiger partial charge in [-0.25, -0.2) is 0 Å². The molecule has 15 heavy (non-hydrogen) atoms. The number of aromatic nitrogens is 3. The molecule has 2 aromatic heterocycles. The van der Waals surface area contributed by atoms with Gasteiger partial charge in [0, 0.05) is 12.3 Å². The summed E-state index contributed by atoms with van der Waals surface area (Å²) in [7, 11) is 0. The topological polar surface area (TPSA) is 90.9 Å². The Morgan fingerprint density at radius 1 is 1.47 bits per heavy atom. The monoisotopic (exact) mass is 204 g/mol. The van der Waals surface area contributed by atoms with Crippen molar-refractivity contribution >= 4 is 11.7 Å². The second-order valence-corrected chi connectivity index (χ2v) is 2.86. The zero-order valence-corrected chi connectivity index (χ0v) is 7.64. The van der Waals surface area contributed by atoms with Gasteiger partial charge < -0.3 is 10.4 Å². The van der Waals surface area contributed by atoms with E-state index in [1.807, 2.05) is 0 Å². The Morgan fingerprint density at radius 2 is 2.33 bits per heavy atom. The van der Waals surface area contributed by atoms with Crippen LogP contribution in [0.25, 0.3) is 0 Å². The molecule has 0 unspecified atom stereocenters. The SMILES string of the molecule is O=C(Nc1ccn[nH]1)c1cncc(O)c1. The van der Waals surface area contributed by atoms with Gasteiger partial charge in [0.1, 0.15) is 11.6 Å². The van der Waals surface area contributed by atoms with E-state index in [4.69, 9.17) is 5.11 Å². The Labute approximate surface area is 85.0 Å².